The van der Waals surface area contributed by atoms with Gasteiger partial charge in [-0.1, -0.05) is 17.7 Å². The lowest BCUT2D eigenvalue weighted by atomic mass is 9.81. The molecule has 0 saturated heterocycles. The Labute approximate surface area is 99.5 Å². The average molecular weight is 240 g/mol. The fraction of sp³-hybridized carbons (Fsp3) is 0.417. The maximum Gasteiger partial charge on any atom is 0.309 e. The first-order valence-electron chi connectivity index (χ1n) is 5.23. The van der Waals surface area contributed by atoms with E-state index in [0.717, 1.165) is 11.1 Å². The number of nitrogens with two attached hydrogens (primary N) is 1. The van der Waals surface area contributed by atoms with Crippen molar-refractivity contribution in [3.05, 3.63) is 34.3 Å². The molecule has 16 heavy (non-hydrogen) atoms. The lowest BCUT2D eigenvalue weighted by Gasteiger charge is -2.27. The van der Waals surface area contributed by atoms with Crippen molar-refractivity contribution in [2.75, 3.05) is 7.11 Å². The number of methoxy groups -OCH3 is 1. The van der Waals surface area contributed by atoms with Gasteiger partial charge in [0.25, 0.3) is 0 Å². The quantitative estimate of drug-likeness (QED) is 0.764. The van der Waals surface area contributed by atoms with Crippen molar-refractivity contribution >= 4 is 17.6 Å². The number of benzene rings is 1. The lowest BCUT2D eigenvalue weighted by molar-refractivity contribution is -0.146. The Morgan fingerprint density at radius 1 is 1.56 bits per heavy atom. The monoisotopic (exact) mass is 239 g/mol. The molecular weight excluding hydrogens is 226 g/mol. The molecule has 2 atom stereocenters. The third-order valence-corrected chi connectivity index (χ3v) is 3.28. The SMILES string of the molecule is COC(=O)[C@@H]1Cc2ccc(Cl)cc2[C@H](N)C1. The van der Waals surface area contributed by atoms with Crippen LogP contribution in [0.4, 0.5) is 0 Å². The summed E-state index contributed by atoms with van der Waals surface area (Å²) < 4.78 is 4.76. The Kier molecular flexibility index (Phi) is 3.17. The van der Waals surface area contributed by atoms with Crippen LogP contribution in [0.2, 0.25) is 5.02 Å². The summed E-state index contributed by atoms with van der Waals surface area (Å²) in [5.41, 5.74) is 8.18. The number of fused-ring (bicyclic) bond motifs is 1. The van der Waals surface area contributed by atoms with Gasteiger partial charge < -0.3 is 10.5 Å². The summed E-state index contributed by atoms with van der Waals surface area (Å²) in [6.07, 6.45) is 1.31. The molecule has 0 amide bonds. The van der Waals surface area contributed by atoms with Crippen molar-refractivity contribution in [2.24, 2.45) is 11.7 Å². The highest BCUT2D eigenvalue weighted by Gasteiger charge is 2.29. The van der Waals surface area contributed by atoms with E-state index in [2.05, 4.69) is 0 Å². The molecule has 2 N–H and O–H groups in total. The van der Waals surface area contributed by atoms with Gasteiger partial charge in [-0.25, -0.2) is 0 Å². The molecule has 0 bridgehead atoms. The first kappa shape index (κ1) is 11.4. The molecule has 4 heteroatoms. The Morgan fingerprint density at radius 2 is 2.31 bits per heavy atom. The number of carbonyl (C=O) groups excluding carboxylic acids is 1. The molecule has 0 fully saturated rings. The predicted molar refractivity (Wildman–Crippen MR) is 62.2 cm³/mol. The fourth-order valence-electron chi connectivity index (χ4n) is 2.23. The Bertz CT molecular complexity index is 419. The van der Waals surface area contributed by atoms with E-state index in [4.69, 9.17) is 22.1 Å². The minimum absolute atomic E-state index is 0.131. The number of carbonyl (C=O) groups is 1. The molecular formula is C12H14ClNO2. The molecule has 1 aromatic carbocycles. The zero-order chi connectivity index (χ0) is 11.7. The van der Waals surface area contributed by atoms with Gasteiger partial charge in [0.2, 0.25) is 0 Å². The van der Waals surface area contributed by atoms with Crippen LogP contribution in [0.15, 0.2) is 18.2 Å². The highest BCUT2D eigenvalue weighted by molar-refractivity contribution is 6.30. The van der Waals surface area contributed by atoms with Gasteiger partial charge in [-0.05, 0) is 36.1 Å². The van der Waals surface area contributed by atoms with Gasteiger partial charge >= 0.3 is 5.97 Å². The van der Waals surface area contributed by atoms with Crippen molar-refractivity contribution in [2.45, 2.75) is 18.9 Å². The highest BCUT2D eigenvalue weighted by atomic mass is 35.5. The Morgan fingerprint density at radius 3 is 3.00 bits per heavy atom. The summed E-state index contributed by atoms with van der Waals surface area (Å²) in [4.78, 5) is 11.5. The van der Waals surface area contributed by atoms with E-state index in [1.54, 1.807) is 0 Å². The number of ether oxygens (including phenoxy) is 1. The van der Waals surface area contributed by atoms with Crippen molar-refractivity contribution in [1.82, 2.24) is 0 Å². The van der Waals surface area contributed by atoms with Crippen LogP contribution in [0.1, 0.15) is 23.6 Å². The Hall–Kier alpha value is -1.06. The molecule has 0 radical (unpaired) electrons. The van der Waals surface area contributed by atoms with Crippen LogP contribution in [0, 0.1) is 5.92 Å². The Balaban J connectivity index is 2.30. The lowest BCUT2D eigenvalue weighted by Crippen LogP contribution is -2.29. The van der Waals surface area contributed by atoms with Gasteiger partial charge in [-0.15, -0.1) is 0 Å². The van der Waals surface area contributed by atoms with Crippen LogP contribution in [0.3, 0.4) is 0 Å². The summed E-state index contributed by atoms with van der Waals surface area (Å²) in [5, 5.41) is 0.686. The number of rotatable bonds is 1. The zero-order valence-electron chi connectivity index (χ0n) is 9.07. The van der Waals surface area contributed by atoms with Gasteiger partial charge in [-0.2, -0.15) is 0 Å². The normalized spacial score (nSPS) is 23.7. The molecule has 0 unspecified atom stereocenters. The molecule has 0 aliphatic heterocycles. The maximum atomic E-state index is 11.5. The van der Waals surface area contributed by atoms with Crippen LogP contribution in [-0.4, -0.2) is 13.1 Å². The van der Waals surface area contributed by atoms with Gasteiger partial charge in [0, 0.05) is 11.1 Å². The van der Waals surface area contributed by atoms with Crippen LogP contribution >= 0.6 is 11.6 Å². The molecule has 1 aromatic rings. The van der Waals surface area contributed by atoms with E-state index in [1.807, 2.05) is 18.2 Å². The molecule has 3 nitrogen and oxygen atoms in total. The molecule has 1 aliphatic carbocycles. The molecule has 1 aliphatic rings. The molecule has 0 saturated carbocycles. The summed E-state index contributed by atoms with van der Waals surface area (Å²) in [6, 6.07) is 5.51. The minimum atomic E-state index is -0.184. The van der Waals surface area contributed by atoms with Crippen molar-refractivity contribution in [3.8, 4) is 0 Å². The smallest absolute Gasteiger partial charge is 0.309 e. The maximum absolute atomic E-state index is 11.5. The van der Waals surface area contributed by atoms with E-state index >= 15 is 0 Å². The van der Waals surface area contributed by atoms with E-state index in [1.165, 1.54) is 7.11 Å². The molecule has 86 valence electrons. The van der Waals surface area contributed by atoms with Crippen LogP contribution < -0.4 is 5.73 Å². The third kappa shape index (κ3) is 2.06. The molecule has 0 aromatic heterocycles. The number of halogens is 1. The number of esters is 1. The van der Waals surface area contributed by atoms with Crippen molar-refractivity contribution in [1.29, 1.82) is 0 Å². The van der Waals surface area contributed by atoms with Crippen molar-refractivity contribution < 1.29 is 9.53 Å². The first-order chi connectivity index (χ1) is 7.61. The second-order valence-corrected chi connectivity index (χ2v) is 4.55. The second kappa shape index (κ2) is 4.44. The first-order valence-corrected chi connectivity index (χ1v) is 5.61. The topological polar surface area (TPSA) is 52.3 Å². The number of hydrogen-bond donors (Lipinski definition) is 1. The van der Waals surface area contributed by atoms with Crippen LogP contribution in [-0.2, 0) is 16.0 Å². The third-order valence-electron chi connectivity index (χ3n) is 3.05. The van der Waals surface area contributed by atoms with Crippen LogP contribution in [0.25, 0.3) is 0 Å². The highest BCUT2D eigenvalue weighted by Crippen LogP contribution is 2.33. The summed E-state index contributed by atoms with van der Waals surface area (Å²) in [6.45, 7) is 0. The fourth-order valence-corrected chi connectivity index (χ4v) is 2.41. The predicted octanol–water partition coefficient (Wildman–Crippen LogP) is 2.08. The molecule has 2 rings (SSSR count). The van der Waals surface area contributed by atoms with Gasteiger partial charge in [0.1, 0.15) is 0 Å². The van der Waals surface area contributed by atoms with E-state index in [0.29, 0.717) is 17.9 Å². The summed E-state index contributed by atoms with van der Waals surface area (Å²) in [5.74, 6) is -0.315. The average Bonchev–Trinajstić information content (AvgIpc) is 2.28. The van der Waals surface area contributed by atoms with E-state index < -0.39 is 0 Å². The summed E-state index contributed by atoms with van der Waals surface area (Å²) in [7, 11) is 1.41. The largest absolute Gasteiger partial charge is 0.469 e. The molecule has 0 heterocycles. The van der Waals surface area contributed by atoms with Crippen LogP contribution in [0.5, 0.6) is 0 Å². The number of hydrogen-bond acceptors (Lipinski definition) is 3. The second-order valence-electron chi connectivity index (χ2n) is 4.11. The van der Waals surface area contributed by atoms with E-state index in [9.17, 15) is 4.79 Å². The van der Waals surface area contributed by atoms with Crippen molar-refractivity contribution in [3.63, 3.8) is 0 Å². The zero-order valence-corrected chi connectivity index (χ0v) is 9.83. The van der Waals surface area contributed by atoms with Gasteiger partial charge in [0.15, 0.2) is 0 Å². The van der Waals surface area contributed by atoms with Gasteiger partial charge in [-0.3, -0.25) is 4.79 Å². The minimum Gasteiger partial charge on any atom is -0.469 e. The van der Waals surface area contributed by atoms with Gasteiger partial charge in [0.05, 0.1) is 13.0 Å². The van der Waals surface area contributed by atoms with E-state index in [-0.39, 0.29) is 17.9 Å². The molecule has 0 spiro atoms. The summed E-state index contributed by atoms with van der Waals surface area (Å²) >= 11 is 5.92. The standard InChI is InChI=1S/C12H14ClNO2/c1-16-12(15)8-4-7-2-3-9(13)6-10(7)11(14)5-8/h2-3,6,8,11H,4-5,14H2,1H3/t8-,11-/m1/s1.